The topological polar surface area (TPSA) is 97.1 Å². The van der Waals surface area contributed by atoms with Crippen molar-refractivity contribution < 1.29 is 14.0 Å². The maximum atomic E-state index is 12.5. The Morgan fingerprint density at radius 2 is 1.74 bits per heavy atom. The quantitative estimate of drug-likeness (QED) is 0.657. The van der Waals surface area contributed by atoms with Crippen molar-refractivity contribution in [1.29, 1.82) is 0 Å². The van der Waals surface area contributed by atoms with Crippen molar-refractivity contribution in [2.45, 2.75) is 17.4 Å². The molecule has 0 aliphatic carbocycles. The lowest BCUT2D eigenvalue weighted by molar-refractivity contribution is -0.119. The minimum atomic E-state index is -0.713. The van der Waals surface area contributed by atoms with Crippen molar-refractivity contribution in [2.75, 3.05) is 7.05 Å². The van der Waals surface area contributed by atoms with Crippen molar-refractivity contribution in [3.8, 4) is 11.5 Å². The highest BCUT2D eigenvalue weighted by Crippen LogP contribution is 2.35. The molecule has 0 bridgehead atoms. The summed E-state index contributed by atoms with van der Waals surface area (Å²) in [5.74, 6) is -0.100. The van der Waals surface area contributed by atoms with Gasteiger partial charge >= 0.3 is 6.03 Å². The van der Waals surface area contributed by atoms with Crippen LogP contribution in [0.4, 0.5) is 4.79 Å². The van der Waals surface area contributed by atoms with Gasteiger partial charge in [0, 0.05) is 12.6 Å². The molecule has 2 N–H and O–H groups in total. The molecule has 1 heterocycles. The second kappa shape index (κ2) is 8.50. The van der Waals surface area contributed by atoms with Crippen molar-refractivity contribution >= 4 is 23.7 Å². The number of nitrogens with one attached hydrogen (secondary N) is 2. The number of carbonyl (C=O) groups excluding carboxylic acids is 2. The van der Waals surface area contributed by atoms with Gasteiger partial charge in [-0.25, -0.2) is 4.79 Å². The third-order valence-corrected chi connectivity index (χ3v) is 4.82. The van der Waals surface area contributed by atoms with Gasteiger partial charge in [0.1, 0.15) is 5.25 Å². The number of aromatic nitrogens is 2. The number of amides is 3. The lowest BCUT2D eigenvalue weighted by Gasteiger charge is -2.14. The minimum Gasteiger partial charge on any atom is -0.411 e. The molecular weight excluding hydrogens is 364 g/mol. The summed E-state index contributed by atoms with van der Waals surface area (Å²) < 4.78 is 5.70. The fourth-order valence-corrected chi connectivity index (χ4v) is 3.19. The molecule has 0 radical (unpaired) electrons. The van der Waals surface area contributed by atoms with Gasteiger partial charge in [0.05, 0.1) is 0 Å². The van der Waals surface area contributed by atoms with Crippen LogP contribution in [0.1, 0.15) is 16.4 Å². The molecule has 0 unspecified atom stereocenters. The van der Waals surface area contributed by atoms with Crippen molar-refractivity contribution in [3.63, 3.8) is 0 Å². The highest BCUT2D eigenvalue weighted by molar-refractivity contribution is 8.00. The Balaban J connectivity index is 1.83. The fraction of sp³-hybridized carbons (Fsp3) is 0.158. The predicted molar refractivity (Wildman–Crippen MR) is 102 cm³/mol. The molecule has 0 aliphatic rings. The molecule has 138 valence electrons. The Morgan fingerprint density at radius 1 is 1.04 bits per heavy atom. The van der Waals surface area contributed by atoms with Crippen LogP contribution in [0.15, 0.2) is 64.2 Å². The number of nitrogens with zero attached hydrogens (tertiary/aromatic N) is 2. The van der Waals surface area contributed by atoms with Gasteiger partial charge in [-0.2, -0.15) is 0 Å². The number of urea groups is 1. The first-order chi connectivity index (χ1) is 13.1. The van der Waals surface area contributed by atoms with E-state index in [1.807, 2.05) is 49.4 Å². The summed E-state index contributed by atoms with van der Waals surface area (Å²) in [6.07, 6.45) is 0. The van der Waals surface area contributed by atoms with E-state index in [1.54, 1.807) is 12.1 Å². The van der Waals surface area contributed by atoms with Crippen LogP contribution >= 0.6 is 11.8 Å². The molecule has 0 saturated heterocycles. The standard InChI is InChI=1S/C19H18N4O3S/c1-12-8-10-14(11-9-12)17-22-23-19(26-17)27-15(13-6-4-3-5-7-13)16(24)21-18(25)20-2/h3-11,15H,1-2H3,(H2,20,21,24,25)/t15-/m0/s1. The Morgan fingerprint density at radius 3 is 2.41 bits per heavy atom. The summed E-state index contributed by atoms with van der Waals surface area (Å²) >= 11 is 1.09. The van der Waals surface area contributed by atoms with E-state index in [4.69, 9.17) is 4.42 Å². The number of hydrogen-bond acceptors (Lipinski definition) is 6. The second-order valence-corrected chi connectivity index (χ2v) is 6.77. The van der Waals surface area contributed by atoms with E-state index in [9.17, 15) is 9.59 Å². The maximum absolute atomic E-state index is 12.5. The molecule has 2 aromatic carbocycles. The van der Waals surface area contributed by atoms with Crippen LogP contribution in [0.2, 0.25) is 0 Å². The van der Waals surface area contributed by atoms with Crippen LogP contribution in [-0.4, -0.2) is 29.2 Å². The van der Waals surface area contributed by atoms with Gasteiger partial charge in [0.25, 0.3) is 5.22 Å². The average Bonchev–Trinajstić information content (AvgIpc) is 3.16. The monoisotopic (exact) mass is 382 g/mol. The summed E-state index contributed by atoms with van der Waals surface area (Å²) in [7, 11) is 1.44. The third kappa shape index (κ3) is 4.73. The van der Waals surface area contributed by atoms with E-state index in [0.717, 1.165) is 28.5 Å². The predicted octanol–water partition coefficient (Wildman–Crippen LogP) is 3.33. The third-order valence-electron chi connectivity index (χ3n) is 3.73. The molecule has 1 atom stereocenters. The number of rotatable bonds is 5. The highest BCUT2D eigenvalue weighted by atomic mass is 32.2. The van der Waals surface area contributed by atoms with E-state index in [2.05, 4.69) is 20.8 Å². The Kier molecular flexibility index (Phi) is 5.87. The average molecular weight is 382 g/mol. The van der Waals surface area contributed by atoms with Crippen LogP contribution in [0.25, 0.3) is 11.5 Å². The molecule has 3 rings (SSSR count). The summed E-state index contributed by atoms with van der Waals surface area (Å²) in [6, 6.07) is 16.2. The highest BCUT2D eigenvalue weighted by Gasteiger charge is 2.26. The molecule has 0 saturated carbocycles. The Bertz CT molecular complexity index is 926. The molecule has 1 aromatic heterocycles. The van der Waals surface area contributed by atoms with Gasteiger partial charge in [-0.15, -0.1) is 10.2 Å². The van der Waals surface area contributed by atoms with E-state index >= 15 is 0 Å². The minimum absolute atomic E-state index is 0.242. The van der Waals surface area contributed by atoms with Gasteiger partial charge in [0.15, 0.2) is 0 Å². The van der Waals surface area contributed by atoms with Crippen molar-refractivity contribution in [2.24, 2.45) is 0 Å². The van der Waals surface area contributed by atoms with Crippen LogP contribution in [0.3, 0.4) is 0 Å². The largest absolute Gasteiger partial charge is 0.411 e. The smallest absolute Gasteiger partial charge is 0.321 e. The summed E-state index contributed by atoms with van der Waals surface area (Å²) in [4.78, 5) is 24.1. The number of thioether (sulfide) groups is 1. The molecule has 8 heteroatoms. The number of imide groups is 1. The molecule has 27 heavy (non-hydrogen) atoms. The summed E-state index contributed by atoms with van der Waals surface area (Å²) in [5, 5.41) is 12.3. The fourth-order valence-electron chi connectivity index (χ4n) is 2.31. The van der Waals surface area contributed by atoms with Gasteiger partial charge in [-0.3, -0.25) is 10.1 Å². The van der Waals surface area contributed by atoms with Crippen LogP contribution in [0, 0.1) is 6.92 Å². The van der Waals surface area contributed by atoms with E-state index in [-0.39, 0.29) is 5.22 Å². The summed E-state index contributed by atoms with van der Waals surface area (Å²) in [6.45, 7) is 1.99. The van der Waals surface area contributed by atoms with E-state index < -0.39 is 17.2 Å². The molecular formula is C19H18N4O3S. The number of carbonyl (C=O) groups is 2. The van der Waals surface area contributed by atoms with Gasteiger partial charge < -0.3 is 9.73 Å². The van der Waals surface area contributed by atoms with Gasteiger partial charge in [-0.05, 0) is 36.4 Å². The lowest BCUT2D eigenvalue weighted by Crippen LogP contribution is -2.39. The zero-order valence-electron chi connectivity index (χ0n) is 14.8. The zero-order chi connectivity index (χ0) is 19.2. The Labute approximate surface area is 160 Å². The maximum Gasteiger partial charge on any atom is 0.321 e. The molecule has 0 spiro atoms. The molecule has 0 fully saturated rings. The number of hydrogen-bond donors (Lipinski definition) is 2. The molecule has 7 nitrogen and oxygen atoms in total. The first kappa shape index (κ1) is 18.7. The van der Waals surface area contributed by atoms with Gasteiger partial charge in [-0.1, -0.05) is 48.0 Å². The van der Waals surface area contributed by atoms with E-state index in [1.165, 1.54) is 7.05 Å². The molecule has 0 aliphatic heterocycles. The Hall–Kier alpha value is -3.13. The lowest BCUT2D eigenvalue weighted by atomic mass is 10.1. The van der Waals surface area contributed by atoms with Crippen LogP contribution in [0.5, 0.6) is 0 Å². The van der Waals surface area contributed by atoms with Crippen LogP contribution in [-0.2, 0) is 4.79 Å². The number of aryl methyl sites for hydroxylation is 1. The summed E-state index contributed by atoms with van der Waals surface area (Å²) in [5.41, 5.74) is 2.65. The molecule has 3 amide bonds. The first-order valence-electron chi connectivity index (χ1n) is 8.21. The molecule has 3 aromatic rings. The van der Waals surface area contributed by atoms with E-state index in [0.29, 0.717) is 5.89 Å². The van der Waals surface area contributed by atoms with Crippen molar-refractivity contribution in [3.05, 3.63) is 65.7 Å². The second-order valence-electron chi connectivity index (χ2n) is 5.72. The first-order valence-corrected chi connectivity index (χ1v) is 9.09. The number of benzene rings is 2. The van der Waals surface area contributed by atoms with Gasteiger partial charge in [0.2, 0.25) is 11.8 Å². The normalized spacial score (nSPS) is 11.6. The van der Waals surface area contributed by atoms with Crippen LogP contribution < -0.4 is 10.6 Å². The SMILES string of the molecule is CNC(=O)NC(=O)[C@@H](Sc1nnc(-c2ccc(C)cc2)o1)c1ccccc1. The zero-order valence-corrected chi connectivity index (χ0v) is 15.6. The van der Waals surface area contributed by atoms with Crippen molar-refractivity contribution in [1.82, 2.24) is 20.8 Å².